The van der Waals surface area contributed by atoms with Crippen LogP contribution in [0.15, 0.2) is 18.2 Å². The minimum Gasteiger partial charge on any atom is -0.368 e. The minimum absolute atomic E-state index is 0.673. The molecule has 0 bridgehead atoms. The molecule has 18 heavy (non-hydrogen) atoms. The molecule has 1 aromatic carbocycles. The number of halogens is 1. The van der Waals surface area contributed by atoms with Gasteiger partial charge < -0.3 is 10.2 Å². The van der Waals surface area contributed by atoms with Crippen LogP contribution in [0.5, 0.6) is 0 Å². The number of nitrogens with zero attached hydrogens (tertiary/aromatic N) is 1. The molecule has 100 valence electrons. The first-order valence-electron chi connectivity index (χ1n) is 6.82. The molecule has 1 N–H and O–H groups in total. The van der Waals surface area contributed by atoms with Gasteiger partial charge in [0.2, 0.25) is 0 Å². The molecule has 0 aliphatic heterocycles. The van der Waals surface area contributed by atoms with Gasteiger partial charge in [0.05, 0.1) is 0 Å². The van der Waals surface area contributed by atoms with Crippen LogP contribution in [-0.2, 0) is 6.54 Å². The van der Waals surface area contributed by atoms with E-state index >= 15 is 0 Å². The monoisotopic (exact) mass is 266 g/mol. The SMILES string of the molecule is CNCc1c(Cl)cccc1N(CC(C)C)C1CC1. The summed E-state index contributed by atoms with van der Waals surface area (Å²) in [6.07, 6.45) is 2.64. The Labute approximate surface area is 115 Å². The minimum atomic E-state index is 0.673. The molecule has 0 spiro atoms. The lowest BCUT2D eigenvalue weighted by Gasteiger charge is -2.29. The molecule has 0 heterocycles. The van der Waals surface area contributed by atoms with Crippen LogP contribution in [0.3, 0.4) is 0 Å². The van der Waals surface area contributed by atoms with Crippen molar-refractivity contribution < 1.29 is 0 Å². The van der Waals surface area contributed by atoms with E-state index in [0.29, 0.717) is 5.92 Å². The van der Waals surface area contributed by atoms with Crippen LogP contribution in [-0.4, -0.2) is 19.6 Å². The second-order valence-corrected chi connectivity index (χ2v) is 5.95. The third-order valence-electron chi connectivity index (χ3n) is 3.31. The second kappa shape index (κ2) is 5.94. The summed E-state index contributed by atoms with van der Waals surface area (Å²) >= 11 is 6.35. The van der Waals surface area contributed by atoms with E-state index in [4.69, 9.17) is 11.6 Å². The van der Waals surface area contributed by atoms with Crippen molar-refractivity contribution in [3.63, 3.8) is 0 Å². The molecule has 0 amide bonds. The lowest BCUT2D eigenvalue weighted by molar-refractivity contribution is 0.604. The van der Waals surface area contributed by atoms with E-state index in [0.717, 1.165) is 24.2 Å². The van der Waals surface area contributed by atoms with E-state index in [1.807, 2.05) is 13.1 Å². The van der Waals surface area contributed by atoms with Crippen molar-refractivity contribution in [2.24, 2.45) is 5.92 Å². The average molecular weight is 267 g/mol. The van der Waals surface area contributed by atoms with E-state index in [-0.39, 0.29) is 0 Å². The molecule has 0 unspecified atom stereocenters. The molecule has 1 aromatic rings. The molecule has 1 aliphatic rings. The Balaban J connectivity index is 2.30. The first-order chi connectivity index (χ1) is 8.63. The normalized spacial score (nSPS) is 15.2. The number of hydrogen-bond donors (Lipinski definition) is 1. The summed E-state index contributed by atoms with van der Waals surface area (Å²) in [5, 5.41) is 4.09. The van der Waals surface area contributed by atoms with Crippen molar-refractivity contribution >= 4 is 17.3 Å². The molecule has 1 fully saturated rings. The highest BCUT2D eigenvalue weighted by Crippen LogP contribution is 2.36. The smallest absolute Gasteiger partial charge is 0.0471 e. The highest BCUT2D eigenvalue weighted by atomic mass is 35.5. The van der Waals surface area contributed by atoms with E-state index < -0.39 is 0 Å². The highest BCUT2D eigenvalue weighted by Gasteiger charge is 2.30. The summed E-state index contributed by atoms with van der Waals surface area (Å²) < 4.78 is 0. The molecule has 0 saturated heterocycles. The van der Waals surface area contributed by atoms with Crippen LogP contribution < -0.4 is 10.2 Å². The second-order valence-electron chi connectivity index (χ2n) is 5.55. The van der Waals surface area contributed by atoms with Gasteiger partial charge in [0.15, 0.2) is 0 Å². The predicted molar refractivity (Wildman–Crippen MR) is 79.4 cm³/mol. The van der Waals surface area contributed by atoms with Crippen molar-refractivity contribution in [3.8, 4) is 0 Å². The molecule has 1 aliphatic carbocycles. The third kappa shape index (κ3) is 3.18. The zero-order chi connectivity index (χ0) is 13.1. The van der Waals surface area contributed by atoms with Crippen LogP contribution in [0.4, 0.5) is 5.69 Å². The number of nitrogens with one attached hydrogen (secondary N) is 1. The van der Waals surface area contributed by atoms with Gasteiger partial charge in [-0.1, -0.05) is 31.5 Å². The summed E-state index contributed by atoms with van der Waals surface area (Å²) in [7, 11) is 1.97. The third-order valence-corrected chi connectivity index (χ3v) is 3.66. The van der Waals surface area contributed by atoms with Crippen molar-refractivity contribution in [1.82, 2.24) is 5.32 Å². The summed E-state index contributed by atoms with van der Waals surface area (Å²) in [5.74, 6) is 0.673. The molecular weight excluding hydrogens is 244 g/mol. The van der Waals surface area contributed by atoms with E-state index in [9.17, 15) is 0 Å². The van der Waals surface area contributed by atoms with Gasteiger partial charge in [-0.15, -0.1) is 0 Å². The van der Waals surface area contributed by atoms with E-state index in [1.165, 1.54) is 24.1 Å². The van der Waals surface area contributed by atoms with Gasteiger partial charge in [-0.25, -0.2) is 0 Å². The predicted octanol–water partition coefficient (Wildman–Crippen LogP) is 3.68. The zero-order valence-electron chi connectivity index (χ0n) is 11.5. The van der Waals surface area contributed by atoms with Crippen molar-refractivity contribution in [1.29, 1.82) is 0 Å². The van der Waals surface area contributed by atoms with Crippen LogP contribution in [0.25, 0.3) is 0 Å². The number of hydrogen-bond acceptors (Lipinski definition) is 2. The van der Waals surface area contributed by atoms with Crippen molar-refractivity contribution in [3.05, 3.63) is 28.8 Å². The molecule has 0 atom stereocenters. The Hall–Kier alpha value is -0.730. The number of benzene rings is 1. The number of rotatable bonds is 6. The fourth-order valence-electron chi connectivity index (χ4n) is 2.39. The molecule has 2 nitrogen and oxygen atoms in total. The van der Waals surface area contributed by atoms with Crippen LogP contribution in [0, 0.1) is 5.92 Å². The van der Waals surface area contributed by atoms with Crippen LogP contribution in [0.2, 0.25) is 5.02 Å². The van der Waals surface area contributed by atoms with Gasteiger partial charge in [-0.2, -0.15) is 0 Å². The van der Waals surface area contributed by atoms with Crippen molar-refractivity contribution in [2.75, 3.05) is 18.5 Å². The first kappa shape index (κ1) is 13.7. The molecular formula is C15H23ClN2. The van der Waals surface area contributed by atoms with Gasteiger partial charge in [0.25, 0.3) is 0 Å². The van der Waals surface area contributed by atoms with Crippen LogP contribution >= 0.6 is 11.6 Å². The lowest BCUT2D eigenvalue weighted by atomic mass is 10.1. The molecule has 3 heteroatoms. The van der Waals surface area contributed by atoms with E-state index in [1.54, 1.807) is 0 Å². The highest BCUT2D eigenvalue weighted by molar-refractivity contribution is 6.31. The van der Waals surface area contributed by atoms with Crippen LogP contribution in [0.1, 0.15) is 32.3 Å². The van der Waals surface area contributed by atoms with Crippen molar-refractivity contribution in [2.45, 2.75) is 39.3 Å². The molecule has 0 aromatic heterocycles. The molecule has 2 rings (SSSR count). The largest absolute Gasteiger partial charge is 0.368 e. The average Bonchev–Trinajstić information content (AvgIpc) is 3.13. The fraction of sp³-hybridized carbons (Fsp3) is 0.600. The standard InChI is InChI=1S/C15H23ClN2/c1-11(2)10-18(12-7-8-12)15-6-4-5-14(16)13(15)9-17-3/h4-6,11-12,17H,7-10H2,1-3H3. The molecule has 1 saturated carbocycles. The maximum Gasteiger partial charge on any atom is 0.0471 e. The van der Waals surface area contributed by atoms with Gasteiger partial charge in [-0.3, -0.25) is 0 Å². The summed E-state index contributed by atoms with van der Waals surface area (Å²) in [4.78, 5) is 2.54. The van der Waals surface area contributed by atoms with Gasteiger partial charge in [-0.05, 0) is 37.9 Å². The summed E-state index contributed by atoms with van der Waals surface area (Å²) in [6, 6.07) is 6.98. The van der Waals surface area contributed by atoms with Gasteiger partial charge >= 0.3 is 0 Å². The Kier molecular flexibility index (Phi) is 4.52. The number of anilines is 1. The maximum atomic E-state index is 6.35. The fourth-order valence-corrected chi connectivity index (χ4v) is 2.63. The Morgan fingerprint density at radius 3 is 2.67 bits per heavy atom. The van der Waals surface area contributed by atoms with Gasteiger partial charge in [0.1, 0.15) is 0 Å². The quantitative estimate of drug-likeness (QED) is 0.845. The summed E-state index contributed by atoms with van der Waals surface area (Å²) in [6.45, 7) is 6.49. The Bertz CT molecular complexity index is 399. The zero-order valence-corrected chi connectivity index (χ0v) is 12.3. The maximum absolute atomic E-state index is 6.35. The Morgan fingerprint density at radius 2 is 2.11 bits per heavy atom. The Morgan fingerprint density at radius 1 is 1.39 bits per heavy atom. The lowest BCUT2D eigenvalue weighted by Crippen LogP contribution is -2.31. The van der Waals surface area contributed by atoms with Gasteiger partial charge in [0, 0.05) is 35.4 Å². The summed E-state index contributed by atoms with van der Waals surface area (Å²) in [5.41, 5.74) is 2.54. The first-order valence-corrected chi connectivity index (χ1v) is 7.20. The van der Waals surface area contributed by atoms with E-state index in [2.05, 4.69) is 36.2 Å². The molecule has 0 radical (unpaired) electrons. The topological polar surface area (TPSA) is 15.3 Å².